The highest BCUT2D eigenvalue weighted by atomic mass is 16.4. The third kappa shape index (κ3) is 27.2. The van der Waals surface area contributed by atoms with Crippen LogP contribution < -0.4 is 70.4 Å². The van der Waals surface area contributed by atoms with Crippen LogP contribution in [-0.4, -0.2) is 204 Å². The molecule has 0 fully saturated rings. The number of guanidine groups is 1. The van der Waals surface area contributed by atoms with Gasteiger partial charge < -0.3 is 106 Å². The molecule has 2 rings (SSSR count). The van der Waals surface area contributed by atoms with Gasteiger partial charge in [-0.25, -0.2) is 0 Å². The van der Waals surface area contributed by atoms with Crippen LogP contribution in [0.3, 0.4) is 0 Å². The van der Waals surface area contributed by atoms with Crippen molar-refractivity contribution < 1.29 is 107 Å². The zero-order chi connectivity index (χ0) is 65.7. The molecule has 0 radical (unpaired) electrons. The van der Waals surface area contributed by atoms with Crippen LogP contribution in [0.4, 0.5) is 0 Å². The van der Waals surface area contributed by atoms with Crippen LogP contribution in [0.15, 0.2) is 30.5 Å². The van der Waals surface area contributed by atoms with E-state index in [1.807, 2.05) is 10.6 Å². The van der Waals surface area contributed by atoms with Crippen molar-refractivity contribution in [2.24, 2.45) is 17.2 Å². The van der Waals surface area contributed by atoms with Crippen molar-refractivity contribution in [3.05, 3.63) is 36.0 Å². The molecule has 2 aromatic rings. The molecule has 1 heterocycles. The van der Waals surface area contributed by atoms with Crippen molar-refractivity contribution in [1.29, 1.82) is 5.41 Å². The van der Waals surface area contributed by atoms with Gasteiger partial charge in [-0.2, -0.15) is 0 Å². The number of para-hydroxylation sites is 1. The number of carbonyl (C=O) groups is 16. The first-order valence-corrected chi connectivity index (χ1v) is 26.4. The number of aliphatic hydroxyl groups excluding tert-OH is 1. The SMILES string of the molecule is CC(=O)N[C@H](CO)C(=O)N[C@H](CCC(=O)O)C(=O)N[C@H](CC(=O)O)C(=O)N[C@H](CC(N)=O)C(=O)N[C@H](CCCNC(=N)N)C(=O)N[C@H](CC(=O)O)C(=O)N[C@H](CCCC(=O)O)C(=O)N[C@H](CCC(=O)O)C(=O)N[C@H](Cc1c[nH]c2ccccc12)C(N)=O. The second kappa shape index (κ2) is 36.3. The van der Waals surface area contributed by atoms with Crippen LogP contribution in [-0.2, 0) is 83.1 Å². The fourth-order valence-electron chi connectivity index (χ4n) is 8.14. The summed E-state index contributed by atoms with van der Waals surface area (Å²) in [5.74, 6) is -22.5. The van der Waals surface area contributed by atoms with Crippen LogP contribution in [0, 0.1) is 5.41 Å². The predicted octanol–water partition coefficient (Wildman–Crippen LogP) is -7.36. The van der Waals surface area contributed by atoms with E-state index in [0.29, 0.717) is 16.5 Å². The number of hydrogen-bond acceptors (Lipinski definition) is 18. The predicted molar refractivity (Wildman–Crippen MR) is 294 cm³/mol. The second-order valence-electron chi connectivity index (χ2n) is 19.4. The fraction of sp³-hybridized carbons (Fsp3) is 0.500. The van der Waals surface area contributed by atoms with Crippen molar-refractivity contribution in [3.8, 4) is 0 Å². The summed E-state index contributed by atoms with van der Waals surface area (Å²) in [5.41, 5.74) is 17.5. The number of fused-ring (bicyclic) bond motifs is 1. The molecule has 1 aromatic heterocycles. The van der Waals surface area contributed by atoms with Gasteiger partial charge in [-0.15, -0.1) is 0 Å². The Morgan fingerprint density at radius 1 is 0.471 bits per heavy atom. The Kier molecular flexibility index (Phi) is 30.3. The molecule has 37 nitrogen and oxygen atoms in total. The molecule has 1 aromatic carbocycles. The number of primary amides is 2. The van der Waals surface area contributed by atoms with Gasteiger partial charge in [0.25, 0.3) is 0 Å². The molecule has 0 aliphatic heterocycles. The zero-order valence-corrected chi connectivity index (χ0v) is 46.6. The molecular weight excluding hydrogens is 1160 g/mol. The molecule has 0 spiro atoms. The van der Waals surface area contributed by atoms with E-state index in [4.69, 9.17) is 22.6 Å². The first-order chi connectivity index (χ1) is 40.8. The number of carbonyl (C=O) groups excluding carboxylic acids is 11. The van der Waals surface area contributed by atoms with E-state index in [0.717, 1.165) is 6.92 Å². The number of nitrogens with one attached hydrogen (secondary N) is 12. The molecule has 0 saturated carbocycles. The van der Waals surface area contributed by atoms with Crippen molar-refractivity contribution in [2.75, 3.05) is 13.2 Å². The van der Waals surface area contributed by atoms with Gasteiger partial charge in [0, 0.05) is 56.3 Å². The smallest absolute Gasteiger partial charge is 0.305 e. The third-order valence-electron chi connectivity index (χ3n) is 12.4. The van der Waals surface area contributed by atoms with E-state index >= 15 is 0 Å². The number of carboxylic acid groups (broad SMARTS) is 5. The minimum absolute atomic E-state index is 0.181. The zero-order valence-electron chi connectivity index (χ0n) is 46.6. The number of benzene rings is 1. The Morgan fingerprint density at radius 3 is 1.24 bits per heavy atom. The topological polar surface area (TPSA) is 632 Å². The van der Waals surface area contributed by atoms with Crippen LogP contribution in [0.2, 0.25) is 0 Å². The molecule has 37 heteroatoms. The number of amides is 11. The second-order valence-corrected chi connectivity index (χ2v) is 19.4. The molecule has 0 saturated heterocycles. The first-order valence-electron chi connectivity index (χ1n) is 26.4. The molecule has 87 heavy (non-hydrogen) atoms. The number of nitrogens with two attached hydrogens (primary N) is 3. The van der Waals surface area contributed by atoms with Crippen LogP contribution in [0.1, 0.15) is 89.5 Å². The van der Waals surface area contributed by atoms with Gasteiger partial charge in [0.2, 0.25) is 65.0 Å². The van der Waals surface area contributed by atoms with Crippen LogP contribution in [0.5, 0.6) is 0 Å². The lowest BCUT2D eigenvalue weighted by atomic mass is 10.0. The minimum atomic E-state index is -2.21. The maximum atomic E-state index is 14.1. The van der Waals surface area contributed by atoms with Gasteiger partial charge in [-0.1, -0.05) is 18.2 Å². The first kappa shape index (κ1) is 72.6. The summed E-state index contributed by atoms with van der Waals surface area (Å²) in [5, 5.41) is 87.0. The highest BCUT2D eigenvalue weighted by Crippen LogP contribution is 2.19. The summed E-state index contributed by atoms with van der Waals surface area (Å²) < 4.78 is 0. The number of aliphatic hydroxyl groups is 1. The Morgan fingerprint density at radius 2 is 0.851 bits per heavy atom. The van der Waals surface area contributed by atoms with Crippen molar-refractivity contribution in [3.63, 3.8) is 0 Å². The van der Waals surface area contributed by atoms with Crippen molar-refractivity contribution >= 4 is 112 Å². The van der Waals surface area contributed by atoms with Crippen molar-refractivity contribution in [1.82, 2.24) is 58.2 Å². The molecule has 9 atom stereocenters. The summed E-state index contributed by atoms with van der Waals surface area (Å²) in [6, 6.07) is -10.3. The quantitative estimate of drug-likeness (QED) is 0.0167. The fourth-order valence-corrected chi connectivity index (χ4v) is 8.14. The lowest BCUT2D eigenvalue weighted by Gasteiger charge is -2.27. The maximum Gasteiger partial charge on any atom is 0.305 e. The minimum Gasteiger partial charge on any atom is -0.481 e. The van der Waals surface area contributed by atoms with Crippen LogP contribution in [0.25, 0.3) is 10.9 Å². The van der Waals surface area contributed by atoms with Crippen LogP contribution >= 0.6 is 0 Å². The van der Waals surface area contributed by atoms with E-state index < -0.39 is 226 Å². The highest BCUT2D eigenvalue weighted by molar-refractivity contribution is 6.01. The number of aromatic nitrogens is 1. The molecule has 11 amide bonds. The third-order valence-corrected chi connectivity index (χ3v) is 12.4. The summed E-state index contributed by atoms with van der Waals surface area (Å²) in [7, 11) is 0. The number of hydrogen-bond donors (Lipinski definition) is 21. The van der Waals surface area contributed by atoms with Gasteiger partial charge in [0.1, 0.15) is 54.4 Å². The molecule has 478 valence electrons. The number of aromatic amines is 1. The molecule has 0 aliphatic rings. The van der Waals surface area contributed by atoms with E-state index in [1.54, 1.807) is 30.5 Å². The molecule has 0 unspecified atom stereocenters. The number of H-pyrrole nitrogens is 1. The number of rotatable bonds is 41. The summed E-state index contributed by atoms with van der Waals surface area (Å²) in [6.45, 7) is -0.229. The number of aliphatic carboxylic acids is 5. The average Bonchev–Trinajstić information content (AvgIpc) is 2.34. The highest BCUT2D eigenvalue weighted by Gasteiger charge is 2.37. The number of carboxylic acids is 5. The van der Waals surface area contributed by atoms with Gasteiger partial charge in [-0.05, 0) is 50.2 Å². The van der Waals surface area contributed by atoms with E-state index in [-0.39, 0.29) is 25.8 Å². The van der Waals surface area contributed by atoms with Gasteiger partial charge in [-0.3, -0.25) is 82.1 Å². The Balaban J connectivity index is 2.52. The van der Waals surface area contributed by atoms with E-state index in [2.05, 4.69) is 47.5 Å². The Hall–Kier alpha value is -10.5. The molecular formula is C50H71N15O22. The molecule has 0 bridgehead atoms. The molecule has 24 N–H and O–H groups in total. The van der Waals surface area contributed by atoms with Gasteiger partial charge in [0.05, 0.1) is 25.9 Å². The Labute approximate surface area is 492 Å². The maximum absolute atomic E-state index is 14.1. The largest absolute Gasteiger partial charge is 0.481 e. The lowest BCUT2D eigenvalue weighted by molar-refractivity contribution is -0.142. The normalized spacial score (nSPS) is 13.9. The lowest BCUT2D eigenvalue weighted by Crippen LogP contribution is -2.61. The van der Waals surface area contributed by atoms with Gasteiger partial charge in [0.15, 0.2) is 5.96 Å². The van der Waals surface area contributed by atoms with E-state index in [1.165, 1.54) is 0 Å². The van der Waals surface area contributed by atoms with E-state index in [9.17, 15) is 107 Å². The standard InChI is InChI=1S/C50H71N15O22/c1-22(67)57-34(21-66)49(87)61-29(12-14-38(73)74)45(83)65-33(19-40(77)78)48(86)63-31(17-35(51)68)46(84)59-27(9-5-15-55-50(53)54)43(81)64-32(18-39(75)76)47(85)58-26(8-4-10-36(69)70)42(80)60-28(11-13-37(71)72)44(82)62-30(41(52)79)16-23-20-56-25-7-3-2-6-24(23)25/h2-3,6-7,20,26-34,56,66H,4-5,8-19,21H2,1H3,(H2,51,68)(H2,52,79)(H,57,67)(H,58,85)(H,59,84)(H,60,80)(H,61,87)(H,62,82)(H,63,86)(H,64,81)(H,65,83)(H,69,70)(H,71,72)(H,73,74)(H,75,76)(H,77,78)(H4,53,54,55)/t26-,27-,28-,29-,30-,31-,32-,33-,34-/m1/s1. The van der Waals surface area contributed by atoms with Gasteiger partial charge >= 0.3 is 29.8 Å². The summed E-state index contributed by atoms with van der Waals surface area (Å²) in [4.78, 5) is 208. The summed E-state index contributed by atoms with van der Waals surface area (Å²) >= 11 is 0. The summed E-state index contributed by atoms with van der Waals surface area (Å²) in [6.07, 6.45) is -7.51. The average molecular weight is 1230 g/mol. The van der Waals surface area contributed by atoms with Crippen molar-refractivity contribution in [2.45, 2.75) is 145 Å². The molecule has 0 aliphatic carbocycles. The Bertz CT molecular complexity index is 2900. The monoisotopic (exact) mass is 1230 g/mol.